The highest BCUT2D eigenvalue weighted by Gasteiger charge is 2.23. The Hall–Kier alpha value is -1.81. The van der Waals surface area contributed by atoms with E-state index in [9.17, 15) is 4.79 Å². The summed E-state index contributed by atoms with van der Waals surface area (Å²) in [4.78, 5) is 16.2. The molecular weight excluding hydrogens is 262 g/mol. The molecule has 1 fully saturated rings. The number of carbonyl (C=O) groups is 1. The molecule has 112 valence electrons. The van der Waals surface area contributed by atoms with E-state index < -0.39 is 0 Å². The van der Waals surface area contributed by atoms with Crippen LogP contribution in [0, 0.1) is 0 Å². The number of benzene rings is 1. The number of likely N-dealkylation sites (N-methyl/N-ethyl adjacent to an activating group) is 1. The van der Waals surface area contributed by atoms with E-state index in [2.05, 4.69) is 29.8 Å². The van der Waals surface area contributed by atoms with Crippen molar-refractivity contribution >= 4 is 16.8 Å². The van der Waals surface area contributed by atoms with Crippen molar-refractivity contribution in [1.29, 1.82) is 0 Å². The van der Waals surface area contributed by atoms with Crippen molar-refractivity contribution in [2.45, 2.75) is 13.3 Å². The number of carbonyl (C=O) groups excluding carboxylic acids is 1. The van der Waals surface area contributed by atoms with Crippen LogP contribution in [0.25, 0.3) is 10.9 Å². The highest BCUT2D eigenvalue weighted by Crippen LogP contribution is 2.21. The third-order valence-corrected chi connectivity index (χ3v) is 4.64. The van der Waals surface area contributed by atoms with Gasteiger partial charge in [-0.2, -0.15) is 0 Å². The van der Waals surface area contributed by atoms with Crippen LogP contribution in [-0.2, 0) is 18.3 Å². The molecule has 4 nitrogen and oxygen atoms in total. The fraction of sp³-hybridized carbons (Fsp3) is 0.471. The van der Waals surface area contributed by atoms with Crippen molar-refractivity contribution in [3.8, 4) is 0 Å². The lowest BCUT2D eigenvalue weighted by Crippen LogP contribution is -3.14. The zero-order chi connectivity index (χ0) is 14.8. The molecule has 2 aromatic rings. The first-order chi connectivity index (χ1) is 10.2. The molecule has 2 heterocycles. The van der Waals surface area contributed by atoms with E-state index in [0.29, 0.717) is 6.42 Å². The first-order valence-electron chi connectivity index (χ1n) is 7.83. The molecule has 1 saturated heterocycles. The number of piperazine rings is 1. The van der Waals surface area contributed by atoms with Crippen molar-refractivity contribution in [3.63, 3.8) is 0 Å². The number of nitrogens with zero attached hydrogens (tertiary/aromatic N) is 2. The molecule has 4 heteroatoms. The number of nitrogens with one attached hydrogen (secondary N) is 1. The van der Waals surface area contributed by atoms with E-state index in [1.54, 1.807) is 4.90 Å². The smallest absolute Gasteiger partial charge is 0.227 e. The monoisotopic (exact) mass is 286 g/mol. The second kappa shape index (κ2) is 5.90. The fourth-order valence-electron chi connectivity index (χ4n) is 3.27. The molecule has 3 rings (SSSR count). The number of quaternary nitrogens is 1. The number of rotatable bonds is 3. The largest absolute Gasteiger partial charge is 0.350 e. The molecule has 0 bridgehead atoms. The Morgan fingerprint density at radius 3 is 2.67 bits per heavy atom. The van der Waals surface area contributed by atoms with Crippen molar-refractivity contribution in [2.24, 2.45) is 7.05 Å². The molecule has 0 atom stereocenters. The molecule has 1 amide bonds. The van der Waals surface area contributed by atoms with Gasteiger partial charge in [-0.1, -0.05) is 18.2 Å². The summed E-state index contributed by atoms with van der Waals surface area (Å²) in [5.41, 5.74) is 2.34. The van der Waals surface area contributed by atoms with Gasteiger partial charge in [-0.15, -0.1) is 0 Å². The molecule has 21 heavy (non-hydrogen) atoms. The van der Waals surface area contributed by atoms with Gasteiger partial charge in [0.2, 0.25) is 5.91 Å². The molecule has 0 radical (unpaired) electrons. The summed E-state index contributed by atoms with van der Waals surface area (Å²) in [5, 5.41) is 1.20. The molecule has 1 aliphatic rings. The van der Waals surface area contributed by atoms with Gasteiger partial charge in [-0.25, -0.2) is 0 Å². The van der Waals surface area contributed by atoms with E-state index in [1.165, 1.54) is 10.9 Å². The maximum absolute atomic E-state index is 12.5. The van der Waals surface area contributed by atoms with Crippen LogP contribution in [0.1, 0.15) is 12.5 Å². The molecular formula is C17H24N3O+. The summed E-state index contributed by atoms with van der Waals surface area (Å²) in [6, 6.07) is 8.30. The van der Waals surface area contributed by atoms with Crippen LogP contribution >= 0.6 is 0 Å². The second-order valence-corrected chi connectivity index (χ2v) is 5.94. The van der Waals surface area contributed by atoms with Gasteiger partial charge in [0.15, 0.2) is 0 Å². The van der Waals surface area contributed by atoms with Crippen LogP contribution < -0.4 is 4.90 Å². The Kier molecular flexibility index (Phi) is 3.97. The number of hydrogen-bond donors (Lipinski definition) is 1. The summed E-state index contributed by atoms with van der Waals surface area (Å²) >= 11 is 0. The average Bonchev–Trinajstić information content (AvgIpc) is 2.84. The topological polar surface area (TPSA) is 29.7 Å². The fourth-order valence-corrected chi connectivity index (χ4v) is 3.27. The van der Waals surface area contributed by atoms with Gasteiger partial charge >= 0.3 is 0 Å². The predicted octanol–water partition coefficient (Wildman–Crippen LogP) is 0.468. The van der Waals surface area contributed by atoms with Crippen molar-refractivity contribution < 1.29 is 9.69 Å². The average molecular weight is 286 g/mol. The van der Waals surface area contributed by atoms with Crippen LogP contribution in [0.4, 0.5) is 0 Å². The summed E-state index contributed by atoms with van der Waals surface area (Å²) in [6.07, 6.45) is 2.61. The van der Waals surface area contributed by atoms with E-state index in [1.807, 2.05) is 24.1 Å². The van der Waals surface area contributed by atoms with Crippen LogP contribution in [0.5, 0.6) is 0 Å². The Morgan fingerprint density at radius 1 is 1.24 bits per heavy atom. The number of fused-ring (bicyclic) bond motifs is 1. The first kappa shape index (κ1) is 14.1. The zero-order valence-corrected chi connectivity index (χ0v) is 12.9. The van der Waals surface area contributed by atoms with Gasteiger partial charge in [0.05, 0.1) is 39.1 Å². The van der Waals surface area contributed by atoms with Gasteiger partial charge in [-0.3, -0.25) is 4.79 Å². The van der Waals surface area contributed by atoms with Crippen LogP contribution in [0.3, 0.4) is 0 Å². The van der Waals surface area contributed by atoms with Crippen LogP contribution in [0.2, 0.25) is 0 Å². The number of aromatic nitrogens is 1. The Balaban J connectivity index is 1.72. The predicted molar refractivity (Wildman–Crippen MR) is 84.4 cm³/mol. The molecule has 1 aromatic carbocycles. The summed E-state index contributed by atoms with van der Waals surface area (Å²) < 4.78 is 2.11. The lowest BCUT2D eigenvalue weighted by molar-refractivity contribution is -0.902. The van der Waals surface area contributed by atoms with E-state index >= 15 is 0 Å². The number of amides is 1. The van der Waals surface area contributed by atoms with Gasteiger partial charge < -0.3 is 14.4 Å². The highest BCUT2D eigenvalue weighted by molar-refractivity contribution is 5.89. The van der Waals surface area contributed by atoms with Gasteiger partial charge in [0, 0.05) is 24.1 Å². The lowest BCUT2D eigenvalue weighted by Gasteiger charge is -2.31. The second-order valence-electron chi connectivity index (χ2n) is 5.94. The lowest BCUT2D eigenvalue weighted by atomic mass is 10.1. The maximum Gasteiger partial charge on any atom is 0.227 e. The summed E-state index contributed by atoms with van der Waals surface area (Å²) in [5.74, 6) is 0.265. The molecule has 0 spiro atoms. The molecule has 1 N–H and O–H groups in total. The SMILES string of the molecule is CC[NH+]1CCN(C(=O)Cc2cn(C)c3ccccc23)CC1. The van der Waals surface area contributed by atoms with Gasteiger partial charge in [-0.05, 0) is 18.6 Å². The number of aryl methyl sites for hydroxylation is 1. The van der Waals surface area contributed by atoms with Crippen LogP contribution in [0.15, 0.2) is 30.5 Å². The van der Waals surface area contributed by atoms with Gasteiger partial charge in [0.1, 0.15) is 0 Å². The third-order valence-electron chi connectivity index (χ3n) is 4.64. The normalized spacial score (nSPS) is 16.6. The minimum absolute atomic E-state index is 0.265. The molecule has 0 unspecified atom stereocenters. The summed E-state index contributed by atoms with van der Waals surface area (Å²) in [6.45, 7) is 7.32. The number of para-hydroxylation sites is 1. The Bertz CT molecular complexity index is 639. The van der Waals surface area contributed by atoms with Crippen molar-refractivity contribution in [2.75, 3.05) is 32.7 Å². The van der Waals surface area contributed by atoms with Crippen molar-refractivity contribution in [3.05, 3.63) is 36.0 Å². The van der Waals surface area contributed by atoms with E-state index in [0.717, 1.165) is 38.3 Å². The Morgan fingerprint density at radius 2 is 1.95 bits per heavy atom. The quantitative estimate of drug-likeness (QED) is 0.873. The van der Waals surface area contributed by atoms with Crippen LogP contribution in [-0.4, -0.2) is 48.1 Å². The minimum Gasteiger partial charge on any atom is -0.350 e. The maximum atomic E-state index is 12.5. The third kappa shape index (κ3) is 2.81. The molecule has 1 aliphatic heterocycles. The standard InChI is InChI=1S/C17H23N3O/c1-3-19-8-10-20(11-9-19)17(21)12-14-13-18(2)16-7-5-4-6-15(14)16/h4-7,13H,3,8-12H2,1-2H3/p+1. The first-order valence-corrected chi connectivity index (χ1v) is 7.83. The van der Waals surface area contributed by atoms with Gasteiger partial charge in [0.25, 0.3) is 0 Å². The molecule has 1 aromatic heterocycles. The summed E-state index contributed by atoms with van der Waals surface area (Å²) in [7, 11) is 2.04. The molecule has 0 aliphatic carbocycles. The van der Waals surface area contributed by atoms with Crippen molar-refractivity contribution in [1.82, 2.24) is 9.47 Å². The van der Waals surface area contributed by atoms with E-state index in [-0.39, 0.29) is 5.91 Å². The van der Waals surface area contributed by atoms with E-state index in [4.69, 9.17) is 0 Å². The Labute approximate surface area is 125 Å². The zero-order valence-electron chi connectivity index (χ0n) is 12.9. The number of hydrogen-bond acceptors (Lipinski definition) is 1. The minimum atomic E-state index is 0.265. The molecule has 0 saturated carbocycles. The highest BCUT2D eigenvalue weighted by atomic mass is 16.2.